The maximum Gasteiger partial charge on any atom is 0.278 e. The van der Waals surface area contributed by atoms with Crippen LogP contribution in [-0.2, 0) is 20.9 Å². The summed E-state index contributed by atoms with van der Waals surface area (Å²) in [5.74, 6) is -0.445. The van der Waals surface area contributed by atoms with Gasteiger partial charge < -0.3 is 20.4 Å². The largest absolute Gasteiger partial charge is 0.329 e. The van der Waals surface area contributed by atoms with E-state index >= 15 is 0 Å². The van der Waals surface area contributed by atoms with Crippen molar-refractivity contribution in [1.82, 2.24) is 4.90 Å². The number of hydrogen-bond acceptors (Lipinski definition) is 3. The van der Waals surface area contributed by atoms with Crippen molar-refractivity contribution >= 4 is 29.1 Å². The summed E-state index contributed by atoms with van der Waals surface area (Å²) in [6.07, 6.45) is 0. The number of quaternary nitrogens is 1. The number of nitrogens with zero attached hydrogens (tertiary/aromatic N) is 1. The normalized spacial score (nSPS) is 11.4. The standard InChI is InChI=1S/C23H30N4O3/c1-4-26(15-19-9-7-6-8-10-19)17-23(30)27(5-2)16-22(29)25-21-13-11-20(12-14-21)24-18(3)28/h6-14H,4-5,15-17H2,1-3H3,(H,24,28)(H,25,29)/p+1. The van der Waals surface area contributed by atoms with Crippen LogP contribution < -0.4 is 15.5 Å². The van der Waals surface area contributed by atoms with Gasteiger partial charge in [0.05, 0.1) is 6.54 Å². The van der Waals surface area contributed by atoms with Gasteiger partial charge in [-0.2, -0.15) is 0 Å². The number of nitrogens with one attached hydrogen (secondary N) is 3. The van der Waals surface area contributed by atoms with E-state index in [9.17, 15) is 14.4 Å². The second-order valence-electron chi connectivity index (χ2n) is 7.16. The molecule has 0 spiro atoms. The monoisotopic (exact) mass is 411 g/mol. The van der Waals surface area contributed by atoms with Crippen molar-refractivity contribution in [3.63, 3.8) is 0 Å². The van der Waals surface area contributed by atoms with Crippen molar-refractivity contribution in [1.29, 1.82) is 0 Å². The van der Waals surface area contributed by atoms with E-state index in [1.165, 1.54) is 12.5 Å². The van der Waals surface area contributed by atoms with E-state index in [2.05, 4.69) is 29.7 Å². The fraction of sp³-hybridized carbons (Fsp3) is 0.348. The summed E-state index contributed by atoms with van der Waals surface area (Å²) in [5.41, 5.74) is 2.46. The van der Waals surface area contributed by atoms with Crippen molar-refractivity contribution in [3.05, 3.63) is 60.2 Å². The molecular formula is C23H31N4O3+. The summed E-state index contributed by atoms with van der Waals surface area (Å²) in [4.78, 5) is 39.0. The van der Waals surface area contributed by atoms with Gasteiger partial charge in [-0.15, -0.1) is 0 Å². The number of carbonyl (C=O) groups is 3. The quantitative estimate of drug-likeness (QED) is 0.555. The van der Waals surface area contributed by atoms with Crippen LogP contribution in [0.2, 0.25) is 0 Å². The van der Waals surface area contributed by atoms with Crippen LogP contribution in [0.4, 0.5) is 11.4 Å². The van der Waals surface area contributed by atoms with Gasteiger partial charge in [0.25, 0.3) is 5.91 Å². The Morgan fingerprint density at radius 3 is 2.03 bits per heavy atom. The topological polar surface area (TPSA) is 83.0 Å². The van der Waals surface area contributed by atoms with Crippen LogP contribution in [0.1, 0.15) is 26.3 Å². The summed E-state index contributed by atoms with van der Waals surface area (Å²) in [7, 11) is 0. The van der Waals surface area contributed by atoms with Gasteiger partial charge in [-0.1, -0.05) is 30.3 Å². The highest BCUT2D eigenvalue weighted by molar-refractivity contribution is 5.95. The number of likely N-dealkylation sites (N-methyl/N-ethyl adjacent to an activating group) is 2. The Hall–Kier alpha value is -3.19. The molecule has 0 aliphatic heterocycles. The lowest BCUT2D eigenvalue weighted by Gasteiger charge is -2.24. The number of anilines is 2. The van der Waals surface area contributed by atoms with Crippen molar-refractivity contribution in [2.45, 2.75) is 27.3 Å². The highest BCUT2D eigenvalue weighted by atomic mass is 16.2. The van der Waals surface area contributed by atoms with Gasteiger partial charge >= 0.3 is 0 Å². The number of carbonyl (C=O) groups excluding carboxylic acids is 3. The fourth-order valence-electron chi connectivity index (χ4n) is 3.11. The molecule has 0 saturated heterocycles. The first-order chi connectivity index (χ1) is 14.4. The molecule has 0 radical (unpaired) electrons. The van der Waals surface area contributed by atoms with Crippen LogP contribution in [0.15, 0.2) is 54.6 Å². The first-order valence-electron chi connectivity index (χ1n) is 10.2. The Kier molecular flexibility index (Phi) is 9.03. The second-order valence-corrected chi connectivity index (χ2v) is 7.16. The van der Waals surface area contributed by atoms with E-state index in [0.717, 1.165) is 18.0 Å². The van der Waals surface area contributed by atoms with Crippen molar-refractivity contribution in [2.75, 3.05) is 36.8 Å². The highest BCUT2D eigenvalue weighted by Crippen LogP contribution is 2.13. The van der Waals surface area contributed by atoms with Gasteiger partial charge in [-0.05, 0) is 38.1 Å². The molecule has 0 aliphatic rings. The third-order valence-electron chi connectivity index (χ3n) is 4.76. The summed E-state index contributed by atoms with van der Waals surface area (Å²) in [6, 6.07) is 16.9. The number of amides is 3. The maximum atomic E-state index is 12.8. The van der Waals surface area contributed by atoms with Crippen LogP contribution in [0, 0.1) is 0 Å². The molecule has 1 atom stereocenters. The molecule has 0 fully saturated rings. The molecule has 0 heterocycles. The average Bonchev–Trinajstić information content (AvgIpc) is 2.73. The Morgan fingerprint density at radius 1 is 0.900 bits per heavy atom. The molecule has 3 N–H and O–H groups in total. The second kappa shape index (κ2) is 11.7. The van der Waals surface area contributed by atoms with E-state index < -0.39 is 0 Å². The van der Waals surface area contributed by atoms with Crippen LogP contribution in [0.3, 0.4) is 0 Å². The first-order valence-corrected chi connectivity index (χ1v) is 10.2. The molecule has 2 aromatic carbocycles. The van der Waals surface area contributed by atoms with Crippen LogP contribution in [0.25, 0.3) is 0 Å². The Morgan fingerprint density at radius 2 is 1.50 bits per heavy atom. The molecule has 30 heavy (non-hydrogen) atoms. The fourth-order valence-corrected chi connectivity index (χ4v) is 3.11. The van der Waals surface area contributed by atoms with Gasteiger partial charge in [0, 0.05) is 30.4 Å². The highest BCUT2D eigenvalue weighted by Gasteiger charge is 2.20. The third-order valence-corrected chi connectivity index (χ3v) is 4.76. The number of benzene rings is 2. The molecule has 7 heteroatoms. The molecular weight excluding hydrogens is 380 g/mol. The number of rotatable bonds is 10. The average molecular weight is 412 g/mol. The lowest BCUT2D eigenvalue weighted by atomic mass is 10.2. The molecule has 0 aliphatic carbocycles. The van der Waals surface area contributed by atoms with Gasteiger partial charge in [0.15, 0.2) is 6.54 Å². The Balaban J connectivity index is 1.88. The Bertz CT molecular complexity index is 837. The van der Waals surface area contributed by atoms with Gasteiger partial charge in [-0.3, -0.25) is 14.4 Å². The van der Waals surface area contributed by atoms with E-state index in [1.54, 1.807) is 29.2 Å². The summed E-state index contributed by atoms with van der Waals surface area (Å²) >= 11 is 0. The molecule has 1 unspecified atom stereocenters. The van der Waals surface area contributed by atoms with Crippen molar-refractivity contribution < 1.29 is 19.3 Å². The molecule has 2 aromatic rings. The zero-order valence-corrected chi connectivity index (χ0v) is 17.9. The summed E-state index contributed by atoms with van der Waals surface area (Å²) in [5, 5.41) is 5.47. The van der Waals surface area contributed by atoms with Crippen LogP contribution in [0.5, 0.6) is 0 Å². The van der Waals surface area contributed by atoms with E-state index in [-0.39, 0.29) is 24.3 Å². The smallest absolute Gasteiger partial charge is 0.278 e. The molecule has 0 bridgehead atoms. The van der Waals surface area contributed by atoms with E-state index in [4.69, 9.17) is 0 Å². The minimum Gasteiger partial charge on any atom is -0.329 e. The maximum absolute atomic E-state index is 12.8. The van der Waals surface area contributed by atoms with Gasteiger partial charge in [0.2, 0.25) is 11.8 Å². The van der Waals surface area contributed by atoms with Gasteiger partial charge in [-0.25, -0.2) is 0 Å². The summed E-state index contributed by atoms with van der Waals surface area (Å²) < 4.78 is 0. The lowest BCUT2D eigenvalue weighted by Crippen LogP contribution is -3.11. The predicted molar refractivity (Wildman–Crippen MR) is 118 cm³/mol. The number of hydrogen-bond donors (Lipinski definition) is 3. The zero-order chi connectivity index (χ0) is 21.9. The SMILES string of the molecule is CCN(CC(=O)Nc1ccc(NC(C)=O)cc1)C(=O)C[NH+](CC)Cc1ccccc1. The molecule has 7 nitrogen and oxygen atoms in total. The summed E-state index contributed by atoms with van der Waals surface area (Å²) in [6.45, 7) is 7.78. The molecule has 0 aromatic heterocycles. The van der Waals surface area contributed by atoms with E-state index in [1.807, 2.05) is 25.1 Å². The van der Waals surface area contributed by atoms with Crippen LogP contribution >= 0.6 is 0 Å². The molecule has 2 rings (SSSR count). The zero-order valence-electron chi connectivity index (χ0n) is 17.9. The van der Waals surface area contributed by atoms with Crippen molar-refractivity contribution in [2.24, 2.45) is 0 Å². The predicted octanol–water partition coefficient (Wildman–Crippen LogP) is 1.54. The van der Waals surface area contributed by atoms with E-state index in [0.29, 0.717) is 24.5 Å². The van der Waals surface area contributed by atoms with Crippen molar-refractivity contribution in [3.8, 4) is 0 Å². The lowest BCUT2D eigenvalue weighted by molar-refractivity contribution is -0.904. The molecule has 0 saturated carbocycles. The van der Waals surface area contributed by atoms with Gasteiger partial charge in [0.1, 0.15) is 13.1 Å². The third kappa shape index (κ3) is 7.67. The molecule has 160 valence electrons. The minimum atomic E-state index is -0.251. The molecule has 3 amide bonds. The first kappa shape index (κ1) is 23.1. The minimum absolute atomic E-state index is 0.00507. The van der Waals surface area contributed by atoms with Crippen LogP contribution in [-0.4, -0.2) is 48.8 Å². The Labute approximate surface area is 178 Å².